The second-order valence-corrected chi connectivity index (χ2v) is 9.86. The topological polar surface area (TPSA) is 95.0 Å². The lowest BCUT2D eigenvalue weighted by atomic mass is 9.91. The summed E-state index contributed by atoms with van der Waals surface area (Å²) in [6.45, 7) is 5.77. The van der Waals surface area contributed by atoms with Gasteiger partial charge in [0.1, 0.15) is 36.8 Å². The van der Waals surface area contributed by atoms with Gasteiger partial charge in [-0.15, -0.1) is 5.10 Å². The monoisotopic (exact) mass is 535 g/mol. The van der Waals surface area contributed by atoms with Gasteiger partial charge in [0.25, 0.3) is 0 Å². The summed E-state index contributed by atoms with van der Waals surface area (Å²) in [5, 5.41) is 22.8. The zero-order chi connectivity index (χ0) is 27.8. The molecule has 3 atom stereocenters. The molecule has 0 spiro atoms. The highest BCUT2D eigenvalue weighted by atomic mass is 19.3. The SMILES string of the molecule is CO[C@@H]1COc2cc3c(C)nnc(N[C@H](C)c4cccc(C(F)(F)C(C)(C)O)c4F)c3cc2OC[C@H]1OC. The predicted molar refractivity (Wildman–Crippen MR) is 135 cm³/mol. The van der Waals surface area contributed by atoms with Gasteiger partial charge in [-0.2, -0.15) is 13.9 Å². The standard InChI is InChI=1S/C27H32F3N3O5/c1-14(16-8-7-9-19(24(16)28)27(29,30)26(3,4)34)31-25-18-11-21-20(10-17(18)15(2)32-33-25)37-12-22(35-5)23(36-6)13-38-21/h7-11,14,22-23,34H,12-13H2,1-6H3,(H,31,33)/t14-,22-,23-/m1/s1. The van der Waals surface area contributed by atoms with Crippen molar-refractivity contribution in [1.82, 2.24) is 10.2 Å². The molecule has 0 amide bonds. The predicted octanol–water partition coefficient (Wildman–Crippen LogP) is 4.91. The Bertz CT molecular complexity index is 1320. The van der Waals surface area contributed by atoms with Crippen LogP contribution in [0.15, 0.2) is 30.3 Å². The van der Waals surface area contributed by atoms with E-state index in [2.05, 4.69) is 15.5 Å². The first-order valence-electron chi connectivity index (χ1n) is 12.2. The first-order chi connectivity index (χ1) is 17.9. The van der Waals surface area contributed by atoms with Crippen molar-refractivity contribution in [1.29, 1.82) is 0 Å². The fraction of sp³-hybridized carbons (Fsp3) is 0.481. The highest BCUT2D eigenvalue weighted by Crippen LogP contribution is 2.42. The van der Waals surface area contributed by atoms with Gasteiger partial charge in [-0.25, -0.2) is 4.39 Å². The summed E-state index contributed by atoms with van der Waals surface area (Å²) in [7, 11) is 3.14. The normalized spacial score (nSPS) is 19.1. The summed E-state index contributed by atoms with van der Waals surface area (Å²) in [6, 6.07) is 6.47. The third-order valence-electron chi connectivity index (χ3n) is 6.81. The molecule has 8 nitrogen and oxygen atoms in total. The van der Waals surface area contributed by atoms with Crippen LogP contribution in [0.4, 0.5) is 19.0 Å². The number of fused-ring (bicyclic) bond motifs is 2. The van der Waals surface area contributed by atoms with Crippen molar-refractivity contribution in [2.45, 2.75) is 57.5 Å². The third-order valence-corrected chi connectivity index (χ3v) is 6.81. The summed E-state index contributed by atoms with van der Waals surface area (Å²) < 4.78 is 67.8. The number of nitrogens with one attached hydrogen (secondary N) is 1. The molecule has 2 aromatic carbocycles. The van der Waals surface area contributed by atoms with Crippen LogP contribution in [0.3, 0.4) is 0 Å². The number of hydrogen-bond donors (Lipinski definition) is 2. The Morgan fingerprint density at radius 2 is 1.61 bits per heavy atom. The number of nitrogens with zero attached hydrogens (tertiary/aromatic N) is 2. The second-order valence-electron chi connectivity index (χ2n) is 9.86. The summed E-state index contributed by atoms with van der Waals surface area (Å²) in [5.74, 6) is -3.65. The fourth-order valence-corrected chi connectivity index (χ4v) is 4.36. The van der Waals surface area contributed by atoms with Crippen LogP contribution in [0.25, 0.3) is 10.8 Å². The molecule has 2 heterocycles. The van der Waals surface area contributed by atoms with E-state index >= 15 is 4.39 Å². The van der Waals surface area contributed by atoms with Crippen LogP contribution in [0.5, 0.6) is 11.5 Å². The number of aryl methyl sites for hydroxylation is 1. The van der Waals surface area contributed by atoms with Gasteiger partial charge in [0.05, 0.1) is 17.3 Å². The Balaban J connectivity index is 1.71. The number of alkyl halides is 2. The van der Waals surface area contributed by atoms with E-state index in [4.69, 9.17) is 18.9 Å². The van der Waals surface area contributed by atoms with Crippen molar-refractivity contribution in [3.63, 3.8) is 0 Å². The van der Waals surface area contributed by atoms with Gasteiger partial charge < -0.3 is 29.4 Å². The number of aliphatic hydroxyl groups is 1. The number of ether oxygens (including phenoxy) is 4. The second kappa shape index (κ2) is 10.5. The smallest absolute Gasteiger partial charge is 0.303 e. The molecule has 0 saturated heterocycles. The van der Waals surface area contributed by atoms with E-state index in [0.29, 0.717) is 28.4 Å². The van der Waals surface area contributed by atoms with Crippen LogP contribution in [-0.4, -0.2) is 60.5 Å². The fourth-order valence-electron chi connectivity index (χ4n) is 4.36. The van der Waals surface area contributed by atoms with Crippen LogP contribution in [-0.2, 0) is 15.4 Å². The molecular formula is C27H32F3N3O5. The van der Waals surface area contributed by atoms with E-state index in [9.17, 15) is 13.9 Å². The Morgan fingerprint density at radius 1 is 1.03 bits per heavy atom. The quantitative estimate of drug-likeness (QED) is 0.441. The van der Waals surface area contributed by atoms with E-state index in [-0.39, 0.29) is 31.0 Å². The molecule has 38 heavy (non-hydrogen) atoms. The first kappa shape index (κ1) is 27.9. The molecule has 1 aliphatic heterocycles. The van der Waals surface area contributed by atoms with Crippen molar-refractivity contribution in [2.24, 2.45) is 0 Å². The Hall–Kier alpha value is -3.15. The number of hydrogen-bond acceptors (Lipinski definition) is 8. The third kappa shape index (κ3) is 5.10. The molecule has 1 aliphatic rings. The van der Waals surface area contributed by atoms with Crippen LogP contribution >= 0.6 is 0 Å². The molecule has 0 aliphatic carbocycles. The summed E-state index contributed by atoms with van der Waals surface area (Å²) in [5.41, 5.74) is -2.72. The molecule has 0 bridgehead atoms. The average molecular weight is 536 g/mol. The lowest BCUT2D eigenvalue weighted by Crippen LogP contribution is -2.41. The molecule has 3 aromatic rings. The molecule has 0 radical (unpaired) electrons. The van der Waals surface area contributed by atoms with Gasteiger partial charge in [-0.05, 0) is 45.9 Å². The Morgan fingerprint density at radius 3 is 2.16 bits per heavy atom. The number of halogens is 3. The van der Waals surface area contributed by atoms with Crippen LogP contribution in [0.2, 0.25) is 0 Å². The minimum Gasteiger partial charge on any atom is -0.487 e. The number of benzene rings is 2. The highest BCUT2D eigenvalue weighted by molar-refractivity contribution is 5.95. The molecule has 11 heteroatoms. The molecule has 206 valence electrons. The lowest BCUT2D eigenvalue weighted by Gasteiger charge is -2.30. The molecule has 4 rings (SSSR count). The van der Waals surface area contributed by atoms with E-state index in [1.807, 2.05) is 0 Å². The van der Waals surface area contributed by atoms with Crippen molar-refractivity contribution in [2.75, 3.05) is 32.8 Å². The zero-order valence-corrected chi connectivity index (χ0v) is 22.1. The van der Waals surface area contributed by atoms with Crippen molar-refractivity contribution >= 4 is 16.6 Å². The summed E-state index contributed by atoms with van der Waals surface area (Å²) >= 11 is 0. The van der Waals surface area contributed by atoms with Gasteiger partial charge in [-0.3, -0.25) is 0 Å². The molecule has 1 aromatic heterocycles. The van der Waals surface area contributed by atoms with Crippen LogP contribution < -0.4 is 14.8 Å². The maximum atomic E-state index is 15.3. The minimum atomic E-state index is -3.81. The van der Waals surface area contributed by atoms with Crippen LogP contribution in [0, 0.1) is 12.7 Å². The number of anilines is 1. The van der Waals surface area contributed by atoms with Crippen LogP contribution in [0.1, 0.15) is 43.6 Å². The van der Waals surface area contributed by atoms with Gasteiger partial charge in [0, 0.05) is 30.6 Å². The van der Waals surface area contributed by atoms with E-state index in [1.165, 1.54) is 12.1 Å². The van der Waals surface area contributed by atoms with Gasteiger partial charge in [-0.1, -0.05) is 12.1 Å². The van der Waals surface area contributed by atoms with Crippen molar-refractivity contribution in [3.05, 3.63) is 53.0 Å². The van der Waals surface area contributed by atoms with Gasteiger partial charge in [0.2, 0.25) is 0 Å². The number of aromatic nitrogens is 2. The maximum absolute atomic E-state index is 15.3. The molecule has 0 unspecified atom stereocenters. The molecular weight excluding hydrogens is 503 g/mol. The molecule has 2 N–H and O–H groups in total. The minimum absolute atomic E-state index is 0.0127. The van der Waals surface area contributed by atoms with E-state index < -0.39 is 28.9 Å². The van der Waals surface area contributed by atoms with Crippen molar-refractivity contribution < 1.29 is 37.2 Å². The molecule has 0 saturated carbocycles. The van der Waals surface area contributed by atoms with E-state index in [0.717, 1.165) is 25.3 Å². The Kier molecular flexibility index (Phi) is 7.74. The highest BCUT2D eigenvalue weighted by Gasteiger charge is 2.49. The average Bonchev–Trinajstić information content (AvgIpc) is 2.85. The Labute approximate surface area is 219 Å². The maximum Gasteiger partial charge on any atom is 0.303 e. The van der Waals surface area contributed by atoms with E-state index in [1.54, 1.807) is 40.2 Å². The molecule has 0 fully saturated rings. The number of rotatable bonds is 7. The summed E-state index contributed by atoms with van der Waals surface area (Å²) in [6.07, 6.45) is -0.677. The summed E-state index contributed by atoms with van der Waals surface area (Å²) in [4.78, 5) is 0. The number of methoxy groups -OCH3 is 2. The van der Waals surface area contributed by atoms with Gasteiger partial charge >= 0.3 is 5.92 Å². The zero-order valence-electron chi connectivity index (χ0n) is 22.1. The van der Waals surface area contributed by atoms with Gasteiger partial charge in [0.15, 0.2) is 17.3 Å². The largest absolute Gasteiger partial charge is 0.487 e. The van der Waals surface area contributed by atoms with Crippen molar-refractivity contribution in [3.8, 4) is 11.5 Å². The lowest BCUT2D eigenvalue weighted by molar-refractivity contribution is -0.170. The first-order valence-corrected chi connectivity index (χ1v) is 12.2.